The van der Waals surface area contributed by atoms with Crippen LogP contribution in [0.4, 0.5) is 0 Å². The summed E-state index contributed by atoms with van der Waals surface area (Å²) >= 11 is 0. The van der Waals surface area contributed by atoms with Gasteiger partial charge in [0.1, 0.15) is 0 Å². The molecule has 0 bridgehead atoms. The van der Waals surface area contributed by atoms with E-state index in [4.69, 9.17) is 15.9 Å². The fourth-order valence-electron chi connectivity index (χ4n) is 0. The maximum atomic E-state index is 9.37. The van der Waals surface area contributed by atoms with E-state index >= 15 is 0 Å². The summed E-state index contributed by atoms with van der Waals surface area (Å²) in [6.45, 7) is 6.07. The molecule has 0 saturated heterocycles. The van der Waals surface area contributed by atoms with Crippen molar-refractivity contribution < 1.29 is 19.8 Å². The predicted octanol–water partition coefficient (Wildman–Crippen LogP) is 1.32. The summed E-state index contributed by atoms with van der Waals surface area (Å²) in [7, 11) is 0. The molecule has 0 fully saturated rings. The minimum Gasteiger partial charge on any atom is -0.481 e. The Bertz CT molecular complexity index is 121. The number of nitrogens with two attached hydrogens (primary N) is 1. The lowest BCUT2D eigenvalue weighted by atomic mass is 10.5. The molecule has 0 amide bonds. The van der Waals surface area contributed by atoms with E-state index in [0.717, 1.165) is 13.0 Å². The third-order valence-corrected chi connectivity index (χ3v) is 0.894. The van der Waals surface area contributed by atoms with Gasteiger partial charge in [-0.3, -0.25) is 9.59 Å². The van der Waals surface area contributed by atoms with Gasteiger partial charge in [-0.1, -0.05) is 20.8 Å². The van der Waals surface area contributed by atoms with Crippen LogP contribution in [0, 0.1) is 0 Å². The Hall–Kier alpha value is -1.10. The molecule has 0 spiro atoms. The smallest absolute Gasteiger partial charge is 0.303 e. The minimum atomic E-state index is -0.745. The number of carboxylic acids is 2. The molecule has 0 aromatic heterocycles. The summed E-state index contributed by atoms with van der Waals surface area (Å²) in [5.74, 6) is -1.49. The number of carbonyl (C=O) groups is 2. The van der Waals surface area contributed by atoms with Gasteiger partial charge in [-0.05, 0) is 13.0 Å². The lowest BCUT2D eigenvalue weighted by Crippen LogP contribution is -1.93. The zero-order valence-electron chi connectivity index (χ0n) is 9.12. The first-order valence-electron chi connectivity index (χ1n) is 4.59. The first-order valence-corrected chi connectivity index (χ1v) is 4.59. The molecule has 0 heterocycles. The van der Waals surface area contributed by atoms with Crippen molar-refractivity contribution in [3.63, 3.8) is 0 Å². The average molecular weight is 207 g/mol. The molecule has 0 aliphatic heterocycles. The molecule has 0 radical (unpaired) electrons. The maximum Gasteiger partial charge on any atom is 0.303 e. The Labute approximate surface area is 84.9 Å². The molecule has 0 saturated carbocycles. The molecule has 86 valence electrons. The monoisotopic (exact) mass is 207 g/mol. The lowest BCUT2D eigenvalue weighted by Gasteiger charge is -1.71. The first kappa shape index (κ1) is 18.6. The SMILES string of the molecule is CCC(=O)O.CCC(=O)O.CCCN. The van der Waals surface area contributed by atoms with Gasteiger partial charge in [0.2, 0.25) is 0 Å². The number of hydrogen-bond donors (Lipinski definition) is 3. The molecule has 14 heavy (non-hydrogen) atoms. The van der Waals surface area contributed by atoms with Crippen LogP contribution in [0.15, 0.2) is 0 Å². The van der Waals surface area contributed by atoms with Gasteiger partial charge in [0.15, 0.2) is 0 Å². The fourth-order valence-corrected chi connectivity index (χ4v) is 0. The third-order valence-electron chi connectivity index (χ3n) is 0.894. The van der Waals surface area contributed by atoms with Gasteiger partial charge in [-0.15, -0.1) is 0 Å². The van der Waals surface area contributed by atoms with Gasteiger partial charge < -0.3 is 15.9 Å². The highest BCUT2D eigenvalue weighted by Gasteiger charge is 1.81. The van der Waals surface area contributed by atoms with Crippen molar-refractivity contribution in [1.29, 1.82) is 0 Å². The van der Waals surface area contributed by atoms with Crippen LogP contribution < -0.4 is 5.73 Å². The van der Waals surface area contributed by atoms with Gasteiger partial charge in [-0.25, -0.2) is 0 Å². The highest BCUT2D eigenvalue weighted by molar-refractivity contribution is 5.66. The average Bonchev–Trinajstić information content (AvgIpc) is 2.19. The lowest BCUT2D eigenvalue weighted by molar-refractivity contribution is -0.137. The summed E-state index contributed by atoms with van der Waals surface area (Å²) < 4.78 is 0. The summed E-state index contributed by atoms with van der Waals surface area (Å²) in [4.78, 5) is 18.7. The van der Waals surface area contributed by atoms with Crippen LogP contribution in [0.2, 0.25) is 0 Å². The van der Waals surface area contributed by atoms with E-state index in [1.165, 1.54) is 0 Å². The van der Waals surface area contributed by atoms with Crippen LogP contribution in [0.5, 0.6) is 0 Å². The Morgan fingerprint density at radius 3 is 1.14 bits per heavy atom. The zero-order chi connectivity index (χ0) is 12.0. The second-order valence-electron chi connectivity index (χ2n) is 2.28. The van der Waals surface area contributed by atoms with Gasteiger partial charge in [0.05, 0.1) is 0 Å². The van der Waals surface area contributed by atoms with Crippen molar-refractivity contribution in [2.75, 3.05) is 6.54 Å². The second kappa shape index (κ2) is 17.8. The van der Waals surface area contributed by atoms with Gasteiger partial charge in [-0.2, -0.15) is 0 Å². The van der Waals surface area contributed by atoms with E-state index in [9.17, 15) is 9.59 Å². The molecule has 5 nitrogen and oxygen atoms in total. The van der Waals surface area contributed by atoms with E-state index in [2.05, 4.69) is 6.92 Å². The standard InChI is InChI=1S/C3H9N.2C3H6O2/c1-2-3-4;2*1-2-3(4)5/h2-4H2,1H3;2*2H2,1H3,(H,4,5). The number of carboxylic acid groups (broad SMARTS) is 2. The summed E-state index contributed by atoms with van der Waals surface area (Å²) in [5, 5.41) is 15.4. The molecule has 0 aromatic rings. The molecule has 0 atom stereocenters. The van der Waals surface area contributed by atoms with E-state index < -0.39 is 11.9 Å². The molecule has 0 aromatic carbocycles. The first-order chi connectivity index (χ1) is 6.45. The summed E-state index contributed by atoms with van der Waals surface area (Å²) in [6, 6.07) is 0. The predicted molar refractivity (Wildman–Crippen MR) is 55.2 cm³/mol. The van der Waals surface area contributed by atoms with Crippen molar-refractivity contribution in [2.24, 2.45) is 5.73 Å². The fraction of sp³-hybridized carbons (Fsp3) is 0.778. The minimum absolute atomic E-state index is 0.222. The molecular formula is C9H21NO4. The molecule has 0 aliphatic rings. The van der Waals surface area contributed by atoms with Crippen LogP contribution in [-0.2, 0) is 9.59 Å². The Morgan fingerprint density at radius 1 is 1.00 bits per heavy atom. The number of rotatable bonds is 3. The largest absolute Gasteiger partial charge is 0.481 e. The van der Waals surface area contributed by atoms with E-state index in [0.29, 0.717) is 0 Å². The second-order valence-corrected chi connectivity index (χ2v) is 2.28. The molecular weight excluding hydrogens is 186 g/mol. The van der Waals surface area contributed by atoms with Gasteiger partial charge >= 0.3 is 11.9 Å². The molecule has 0 aliphatic carbocycles. The molecule has 0 rings (SSSR count). The normalized spacial score (nSPS) is 7.43. The van der Waals surface area contributed by atoms with Crippen LogP contribution in [-0.4, -0.2) is 28.7 Å². The molecule has 0 unspecified atom stereocenters. The summed E-state index contributed by atoms with van der Waals surface area (Å²) in [6.07, 6.45) is 1.54. The van der Waals surface area contributed by atoms with Crippen molar-refractivity contribution in [2.45, 2.75) is 40.0 Å². The van der Waals surface area contributed by atoms with E-state index in [1.54, 1.807) is 13.8 Å². The highest BCUT2D eigenvalue weighted by atomic mass is 16.4. The van der Waals surface area contributed by atoms with E-state index in [-0.39, 0.29) is 12.8 Å². The van der Waals surface area contributed by atoms with Gasteiger partial charge in [0, 0.05) is 12.8 Å². The van der Waals surface area contributed by atoms with Gasteiger partial charge in [0.25, 0.3) is 0 Å². The van der Waals surface area contributed by atoms with Crippen molar-refractivity contribution in [3.8, 4) is 0 Å². The van der Waals surface area contributed by atoms with Crippen molar-refractivity contribution in [3.05, 3.63) is 0 Å². The Morgan fingerprint density at radius 2 is 1.14 bits per heavy atom. The van der Waals surface area contributed by atoms with Crippen LogP contribution in [0.1, 0.15) is 40.0 Å². The summed E-state index contributed by atoms with van der Waals surface area (Å²) in [5.41, 5.74) is 5.03. The number of hydrogen-bond acceptors (Lipinski definition) is 3. The zero-order valence-corrected chi connectivity index (χ0v) is 9.12. The van der Waals surface area contributed by atoms with Crippen molar-refractivity contribution >= 4 is 11.9 Å². The van der Waals surface area contributed by atoms with Crippen molar-refractivity contribution in [1.82, 2.24) is 0 Å². The Kier molecular flexibility index (Phi) is 23.8. The molecule has 5 heteroatoms. The maximum absolute atomic E-state index is 9.37. The van der Waals surface area contributed by atoms with Crippen LogP contribution in [0.25, 0.3) is 0 Å². The topological polar surface area (TPSA) is 101 Å². The Balaban J connectivity index is -0.000000131. The molecule has 4 N–H and O–H groups in total. The third kappa shape index (κ3) is 70.2. The quantitative estimate of drug-likeness (QED) is 0.648. The number of aliphatic carboxylic acids is 2. The highest BCUT2D eigenvalue weighted by Crippen LogP contribution is 1.67. The van der Waals surface area contributed by atoms with E-state index in [1.807, 2.05) is 0 Å². The van der Waals surface area contributed by atoms with Crippen LogP contribution in [0.3, 0.4) is 0 Å². The van der Waals surface area contributed by atoms with Crippen LogP contribution >= 0.6 is 0 Å².